The van der Waals surface area contributed by atoms with Crippen LogP contribution in [0.5, 0.6) is 0 Å². The first-order chi connectivity index (χ1) is 30.8. The Morgan fingerprint density at radius 2 is 0.460 bits per heavy atom. The van der Waals surface area contributed by atoms with Crippen molar-refractivity contribution in [3.63, 3.8) is 0 Å². The van der Waals surface area contributed by atoms with E-state index in [0.29, 0.717) is 0 Å². The average Bonchev–Trinajstić information content (AvgIpc) is 3.26. The number of rotatable bonds is 45. The molecule has 0 radical (unpaired) electrons. The predicted molar refractivity (Wildman–Crippen MR) is 296 cm³/mol. The molecule has 0 aromatic heterocycles. The fourth-order valence-electron chi connectivity index (χ4n) is 8.35. The second kappa shape index (κ2) is 60.7. The zero-order valence-electron chi connectivity index (χ0n) is 45.7. The van der Waals surface area contributed by atoms with E-state index >= 15 is 0 Å². The van der Waals surface area contributed by atoms with Gasteiger partial charge in [0.05, 0.1) is 0 Å². The zero-order valence-corrected chi connectivity index (χ0v) is 45.7. The highest BCUT2D eigenvalue weighted by Crippen LogP contribution is 2.23. The van der Waals surface area contributed by atoms with Crippen molar-refractivity contribution in [1.29, 1.82) is 0 Å². The lowest BCUT2D eigenvalue weighted by molar-refractivity contribution is 0.374. The van der Waals surface area contributed by atoms with Gasteiger partial charge in [-0.05, 0) is 94.3 Å². The van der Waals surface area contributed by atoms with Gasteiger partial charge in [0.15, 0.2) is 0 Å². The SMILES string of the molecule is CCCC(C)CCCC(C)CCCC(C)CCCC(C)C.CCCCC/C=C\C/C=C\C/C=C\C/C=C\CCCCC.CCCCCCCC/C=C\CCCCCCCCCCC. The lowest BCUT2D eigenvalue weighted by atomic mass is 9.90. The van der Waals surface area contributed by atoms with E-state index in [-0.39, 0.29) is 0 Å². The topological polar surface area (TPSA) is 0 Å². The number of hydrogen-bond acceptors (Lipinski definition) is 0. The third-order valence-electron chi connectivity index (χ3n) is 12.8. The summed E-state index contributed by atoms with van der Waals surface area (Å²) in [7, 11) is 0. The van der Waals surface area contributed by atoms with Crippen molar-refractivity contribution in [3.8, 4) is 0 Å². The summed E-state index contributed by atoms with van der Waals surface area (Å²) < 4.78 is 0. The first-order valence-electron chi connectivity index (χ1n) is 29.0. The molecule has 0 rings (SSSR count). The van der Waals surface area contributed by atoms with Crippen LogP contribution in [0.3, 0.4) is 0 Å². The van der Waals surface area contributed by atoms with Crippen molar-refractivity contribution >= 4 is 0 Å². The van der Waals surface area contributed by atoms with Crippen LogP contribution in [-0.2, 0) is 0 Å². The van der Waals surface area contributed by atoms with Crippen LogP contribution < -0.4 is 0 Å². The van der Waals surface area contributed by atoms with Gasteiger partial charge in [-0.3, -0.25) is 0 Å². The van der Waals surface area contributed by atoms with E-state index < -0.39 is 0 Å². The summed E-state index contributed by atoms with van der Waals surface area (Å²) >= 11 is 0. The summed E-state index contributed by atoms with van der Waals surface area (Å²) in [5.41, 5.74) is 0. The molecule has 0 amide bonds. The Hall–Kier alpha value is -1.30. The molecule has 0 aromatic carbocycles. The number of unbranched alkanes of at least 4 members (excludes halogenated alkanes) is 21. The molecular formula is C63H122. The Balaban J connectivity index is -0.000000857. The van der Waals surface area contributed by atoms with Crippen molar-refractivity contribution in [2.75, 3.05) is 0 Å². The molecule has 0 aliphatic rings. The van der Waals surface area contributed by atoms with E-state index in [1.807, 2.05) is 0 Å². The fraction of sp³-hybridized carbons (Fsp3) is 0.841. The molecule has 374 valence electrons. The van der Waals surface area contributed by atoms with Crippen LogP contribution in [0.25, 0.3) is 0 Å². The Morgan fingerprint density at radius 1 is 0.222 bits per heavy atom. The molecule has 0 aliphatic carbocycles. The molecule has 0 aromatic rings. The molecule has 0 N–H and O–H groups in total. The Morgan fingerprint density at radius 3 is 0.778 bits per heavy atom. The summed E-state index contributed by atoms with van der Waals surface area (Å²) in [5, 5.41) is 0. The molecule has 63 heavy (non-hydrogen) atoms. The zero-order chi connectivity index (χ0) is 47.0. The van der Waals surface area contributed by atoms with E-state index in [1.54, 1.807) is 0 Å². The van der Waals surface area contributed by atoms with Crippen molar-refractivity contribution < 1.29 is 0 Å². The van der Waals surface area contributed by atoms with Crippen molar-refractivity contribution in [2.24, 2.45) is 23.7 Å². The predicted octanol–water partition coefficient (Wildman–Crippen LogP) is 23.6. The summed E-state index contributed by atoms with van der Waals surface area (Å²) in [6.45, 7) is 23.4. The number of allylic oxidation sites excluding steroid dienone is 10. The van der Waals surface area contributed by atoms with Crippen molar-refractivity contribution in [1.82, 2.24) is 0 Å². The highest BCUT2D eigenvalue weighted by atomic mass is 14.1. The molecule has 0 heteroatoms. The van der Waals surface area contributed by atoms with Gasteiger partial charge in [0, 0.05) is 0 Å². The largest absolute Gasteiger partial charge is 0.0885 e. The van der Waals surface area contributed by atoms with Gasteiger partial charge >= 0.3 is 0 Å². The summed E-state index contributed by atoms with van der Waals surface area (Å²) in [5.74, 6) is 3.72. The molecule has 0 saturated carbocycles. The van der Waals surface area contributed by atoms with Gasteiger partial charge in [-0.15, -0.1) is 0 Å². The second-order valence-electron chi connectivity index (χ2n) is 20.5. The molecule has 0 fully saturated rings. The lowest BCUT2D eigenvalue weighted by Crippen LogP contribution is -2.01. The van der Waals surface area contributed by atoms with Gasteiger partial charge in [-0.1, -0.05) is 310 Å². The van der Waals surface area contributed by atoms with Crippen LogP contribution in [0.1, 0.15) is 320 Å². The maximum absolute atomic E-state index is 2.47. The third kappa shape index (κ3) is 67.4. The monoisotopic (exact) mass is 879 g/mol. The molecule has 0 nitrogen and oxygen atoms in total. The van der Waals surface area contributed by atoms with E-state index in [9.17, 15) is 0 Å². The van der Waals surface area contributed by atoms with Crippen LogP contribution >= 0.6 is 0 Å². The van der Waals surface area contributed by atoms with E-state index in [4.69, 9.17) is 0 Å². The normalized spacial score (nSPS) is 13.4. The third-order valence-corrected chi connectivity index (χ3v) is 12.8. The maximum atomic E-state index is 2.47. The standard InChI is InChI=1S/C21H44.C21H42.C21H36/c1-7-11-19(4)14-9-15-21(6)17-10-16-20(5)13-8-12-18(2)3;2*1-3-5-7-9-11-13-15-17-19-21-20-18-16-14-12-10-8-6-4-2/h18-21H,7-17H2,1-6H3;17,19H,3-16,18,20-21H2,1-2H3;11-14,17-20H,3-10,15-16,21H2,1-2H3/b;19-17-;13-11-,14-12-,19-17-,20-18-. The Bertz CT molecular complexity index is 898. The van der Waals surface area contributed by atoms with Gasteiger partial charge in [0.2, 0.25) is 0 Å². The van der Waals surface area contributed by atoms with E-state index in [2.05, 4.69) is 130 Å². The fourth-order valence-corrected chi connectivity index (χ4v) is 8.35. The van der Waals surface area contributed by atoms with Crippen LogP contribution in [0, 0.1) is 23.7 Å². The van der Waals surface area contributed by atoms with Gasteiger partial charge in [-0.2, -0.15) is 0 Å². The molecule has 0 heterocycles. The van der Waals surface area contributed by atoms with Crippen LogP contribution in [-0.4, -0.2) is 0 Å². The van der Waals surface area contributed by atoms with E-state index in [0.717, 1.165) is 42.9 Å². The van der Waals surface area contributed by atoms with Gasteiger partial charge in [-0.25, -0.2) is 0 Å². The van der Waals surface area contributed by atoms with Crippen LogP contribution in [0.2, 0.25) is 0 Å². The van der Waals surface area contributed by atoms with Gasteiger partial charge in [0.25, 0.3) is 0 Å². The lowest BCUT2D eigenvalue weighted by Gasteiger charge is -2.16. The Labute approximate surface area is 402 Å². The molecular weight excluding hydrogens is 757 g/mol. The molecule has 3 unspecified atom stereocenters. The Kier molecular flexibility index (Phi) is 63.6. The van der Waals surface area contributed by atoms with Crippen LogP contribution in [0.15, 0.2) is 60.8 Å². The summed E-state index contributed by atoms with van der Waals surface area (Å²) in [4.78, 5) is 0. The highest BCUT2D eigenvalue weighted by Gasteiger charge is 2.08. The van der Waals surface area contributed by atoms with Crippen molar-refractivity contribution in [2.45, 2.75) is 320 Å². The molecule has 3 atom stereocenters. The van der Waals surface area contributed by atoms with Crippen LogP contribution in [0.4, 0.5) is 0 Å². The first-order valence-corrected chi connectivity index (χ1v) is 29.0. The smallest absolute Gasteiger partial charge is 0.0169 e. The molecule has 0 spiro atoms. The molecule has 0 saturated heterocycles. The first kappa shape index (κ1) is 66.0. The number of hydrogen-bond donors (Lipinski definition) is 0. The minimum Gasteiger partial charge on any atom is -0.0885 e. The van der Waals surface area contributed by atoms with Gasteiger partial charge in [0.1, 0.15) is 0 Å². The van der Waals surface area contributed by atoms with Crippen molar-refractivity contribution in [3.05, 3.63) is 60.8 Å². The minimum absolute atomic E-state index is 0.882. The highest BCUT2D eigenvalue weighted by molar-refractivity contribution is 4.99. The second-order valence-corrected chi connectivity index (χ2v) is 20.5. The molecule has 0 bridgehead atoms. The summed E-state index contributed by atoms with van der Waals surface area (Å²) in [6.07, 6.45) is 76.7. The quantitative estimate of drug-likeness (QED) is 0.0422. The maximum Gasteiger partial charge on any atom is -0.0169 e. The van der Waals surface area contributed by atoms with Gasteiger partial charge < -0.3 is 0 Å². The average molecular weight is 880 g/mol. The summed E-state index contributed by atoms with van der Waals surface area (Å²) in [6, 6.07) is 0. The minimum atomic E-state index is 0.882. The molecule has 0 aliphatic heterocycles. The van der Waals surface area contributed by atoms with E-state index in [1.165, 1.54) is 231 Å².